The summed E-state index contributed by atoms with van der Waals surface area (Å²) in [7, 11) is 1.50. The number of carbonyl (C=O) groups excluding carboxylic acids is 2. The third kappa shape index (κ3) is 4.51. The number of rotatable bonds is 5. The summed E-state index contributed by atoms with van der Waals surface area (Å²) in [6, 6.07) is 3.36. The Bertz CT molecular complexity index is 657. The molecule has 0 saturated heterocycles. The second-order valence-electron chi connectivity index (χ2n) is 5.85. The molecule has 0 fully saturated rings. The lowest BCUT2D eigenvalue weighted by Crippen LogP contribution is -2.32. The molecule has 2 atom stereocenters. The molecule has 1 aromatic carbocycles. The van der Waals surface area contributed by atoms with Gasteiger partial charge in [0.2, 0.25) is 0 Å². The van der Waals surface area contributed by atoms with E-state index in [2.05, 4.69) is 11.4 Å². The predicted octanol–water partition coefficient (Wildman–Crippen LogP) is 3.88. The number of amides is 1. The number of methoxy groups -OCH3 is 1. The first-order valence-electron chi connectivity index (χ1n) is 7.93. The van der Waals surface area contributed by atoms with Crippen molar-refractivity contribution in [3.63, 3.8) is 0 Å². The van der Waals surface area contributed by atoms with Gasteiger partial charge in [-0.05, 0) is 44.7 Å². The number of anilines is 1. The molecule has 1 N–H and O–H groups in total. The van der Waals surface area contributed by atoms with Crippen molar-refractivity contribution < 1.29 is 19.1 Å². The van der Waals surface area contributed by atoms with Crippen LogP contribution in [0.25, 0.3) is 0 Å². The van der Waals surface area contributed by atoms with Crippen LogP contribution in [0.3, 0.4) is 0 Å². The Kier molecular flexibility index (Phi) is 6.26. The van der Waals surface area contributed by atoms with Crippen LogP contribution in [-0.4, -0.2) is 25.1 Å². The number of aryl methyl sites for hydroxylation is 1. The van der Waals surface area contributed by atoms with Crippen molar-refractivity contribution in [1.82, 2.24) is 0 Å². The monoisotopic (exact) mass is 351 g/mol. The molecule has 0 heterocycles. The first-order chi connectivity index (χ1) is 11.4. The smallest absolute Gasteiger partial charge is 0.310 e. The van der Waals surface area contributed by atoms with Gasteiger partial charge in [0, 0.05) is 11.1 Å². The summed E-state index contributed by atoms with van der Waals surface area (Å²) in [6.07, 6.45) is 5.42. The number of esters is 1. The van der Waals surface area contributed by atoms with Crippen LogP contribution in [0.2, 0.25) is 5.02 Å². The molecule has 0 spiro atoms. The number of carbonyl (C=O) groups is 2. The zero-order valence-corrected chi connectivity index (χ0v) is 14.9. The number of ether oxygens (including phenoxy) is 2. The number of benzene rings is 1. The largest absolute Gasteiger partial charge is 0.495 e. The summed E-state index contributed by atoms with van der Waals surface area (Å²) in [5.41, 5.74) is 1.30. The van der Waals surface area contributed by atoms with Gasteiger partial charge in [-0.1, -0.05) is 23.8 Å². The fourth-order valence-corrected chi connectivity index (χ4v) is 2.65. The molecule has 0 bridgehead atoms. The quantitative estimate of drug-likeness (QED) is 0.645. The fraction of sp³-hybridized carbons (Fsp3) is 0.444. The SMILES string of the molecule is COc1cc(Cl)c(C)cc1NC(=O)C(C)OC(=O)C1CC=CCC1. The standard InChI is InChI=1S/C18H22ClNO4/c1-11-9-15(16(23-3)10-14(11)19)20-17(21)12(2)24-18(22)13-7-5-4-6-8-13/h4-5,9-10,12-13H,6-8H2,1-3H3,(H,20,21). The molecule has 0 aromatic heterocycles. The van der Waals surface area contributed by atoms with E-state index in [1.54, 1.807) is 19.1 Å². The molecule has 1 amide bonds. The summed E-state index contributed by atoms with van der Waals surface area (Å²) in [6.45, 7) is 3.39. The van der Waals surface area contributed by atoms with Gasteiger partial charge in [-0.3, -0.25) is 9.59 Å². The molecule has 0 radical (unpaired) electrons. The number of hydrogen-bond acceptors (Lipinski definition) is 4. The van der Waals surface area contributed by atoms with Crippen molar-refractivity contribution in [1.29, 1.82) is 0 Å². The highest BCUT2D eigenvalue weighted by Crippen LogP contribution is 2.31. The molecule has 2 unspecified atom stereocenters. The predicted molar refractivity (Wildman–Crippen MR) is 93.4 cm³/mol. The lowest BCUT2D eigenvalue weighted by molar-refractivity contribution is -0.157. The van der Waals surface area contributed by atoms with Crippen LogP contribution >= 0.6 is 11.6 Å². The lowest BCUT2D eigenvalue weighted by Gasteiger charge is -2.20. The second-order valence-corrected chi connectivity index (χ2v) is 6.26. The van der Waals surface area contributed by atoms with Gasteiger partial charge in [-0.2, -0.15) is 0 Å². The van der Waals surface area contributed by atoms with Gasteiger partial charge in [0.05, 0.1) is 18.7 Å². The van der Waals surface area contributed by atoms with Crippen LogP contribution in [0.1, 0.15) is 31.7 Å². The van der Waals surface area contributed by atoms with E-state index < -0.39 is 12.0 Å². The maximum absolute atomic E-state index is 12.3. The van der Waals surface area contributed by atoms with Crippen molar-refractivity contribution in [3.8, 4) is 5.75 Å². The van der Waals surface area contributed by atoms with Crippen LogP contribution in [0, 0.1) is 12.8 Å². The van der Waals surface area contributed by atoms with E-state index in [9.17, 15) is 9.59 Å². The molecule has 130 valence electrons. The summed E-state index contributed by atoms with van der Waals surface area (Å²) in [5, 5.41) is 3.27. The molecular weight excluding hydrogens is 330 g/mol. The molecule has 2 rings (SSSR count). The van der Waals surface area contributed by atoms with Gasteiger partial charge in [-0.25, -0.2) is 0 Å². The van der Waals surface area contributed by atoms with Crippen LogP contribution in [-0.2, 0) is 14.3 Å². The van der Waals surface area contributed by atoms with Crippen LogP contribution in [0.4, 0.5) is 5.69 Å². The maximum Gasteiger partial charge on any atom is 0.310 e. The molecule has 5 nitrogen and oxygen atoms in total. The first-order valence-corrected chi connectivity index (χ1v) is 8.30. The van der Waals surface area contributed by atoms with E-state index in [1.807, 2.05) is 13.0 Å². The van der Waals surface area contributed by atoms with Gasteiger partial charge >= 0.3 is 5.97 Å². The summed E-state index contributed by atoms with van der Waals surface area (Å²) in [4.78, 5) is 24.4. The topological polar surface area (TPSA) is 64.6 Å². The van der Waals surface area contributed by atoms with Crippen molar-refractivity contribution >= 4 is 29.2 Å². The Balaban J connectivity index is 2.00. The Labute approximate surface area is 147 Å². The summed E-state index contributed by atoms with van der Waals surface area (Å²) in [5.74, 6) is -0.455. The molecule has 1 aromatic rings. The average molecular weight is 352 g/mol. The van der Waals surface area contributed by atoms with E-state index in [0.29, 0.717) is 22.9 Å². The van der Waals surface area contributed by atoms with E-state index in [0.717, 1.165) is 18.4 Å². The van der Waals surface area contributed by atoms with Crippen LogP contribution < -0.4 is 10.1 Å². The normalized spacial score (nSPS) is 17.9. The first kappa shape index (κ1) is 18.3. The molecule has 6 heteroatoms. The molecular formula is C18H22ClNO4. The van der Waals surface area contributed by atoms with Gasteiger partial charge < -0.3 is 14.8 Å². The number of nitrogens with one attached hydrogen (secondary N) is 1. The third-order valence-corrected chi connectivity index (χ3v) is 4.41. The minimum Gasteiger partial charge on any atom is -0.495 e. The number of hydrogen-bond donors (Lipinski definition) is 1. The van der Waals surface area contributed by atoms with Crippen molar-refractivity contribution in [2.75, 3.05) is 12.4 Å². The minimum absolute atomic E-state index is 0.169. The lowest BCUT2D eigenvalue weighted by atomic mass is 9.95. The highest BCUT2D eigenvalue weighted by atomic mass is 35.5. The van der Waals surface area contributed by atoms with Crippen LogP contribution in [0.5, 0.6) is 5.75 Å². The second kappa shape index (κ2) is 8.20. The van der Waals surface area contributed by atoms with E-state index >= 15 is 0 Å². The highest BCUT2D eigenvalue weighted by Gasteiger charge is 2.25. The maximum atomic E-state index is 12.3. The third-order valence-electron chi connectivity index (χ3n) is 4.00. The van der Waals surface area contributed by atoms with E-state index in [1.165, 1.54) is 7.11 Å². The zero-order chi connectivity index (χ0) is 17.7. The Morgan fingerprint density at radius 3 is 2.71 bits per heavy atom. The van der Waals surface area contributed by atoms with Gasteiger partial charge in [0.15, 0.2) is 6.10 Å². The molecule has 1 aliphatic rings. The van der Waals surface area contributed by atoms with E-state index in [-0.39, 0.29) is 11.9 Å². The zero-order valence-electron chi connectivity index (χ0n) is 14.1. The fourth-order valence-electron chi connectivity index (χ4n) is 2.50. The molecule has 1 aliphatic carbocycles. The van der Waals surface area contributed by atoms with E-state index in [4.69, 9.17) is 21.1 Å². The van der Waals surface area contributed by atoms with Gasteiger partial charge in [0.25, 0.3) is 5.91 Å². The summed E-state index contributed by atoms with van der Waals surface area (Å²) < 4.78 is 10.5. The van der Waals surface area contributed by atoms with Gasteiger partial charge in [-0.15, -0.1) is 0 Å². The molecule has 0 saturated carbocycles. The Morgan fingerprint density at radius 2 is 2.08 bits per heavy atom. The summed E-state index contributed by atoms with van der Waals surface area (Å²) >= 11 is 6.05. The molecule has 24 heavy (non-hydrogen) atoms. The highest BCUT2D eigenvalue weighted by molar-refractivity contribution is 6.31. The number of halogens is 1. The Morgan fingerprint density at radius 1 is 1.33 bits per heavy atom. The average Bonchev–Trinajstić information content (AvgIpc) is 2.58. The van der Waals surface area contributed by atoms with Crippen molar-refractivity contribution in [3.05, 3.63) is 34.9 Å². The Hall–Kier alpha value is -2.01. The van der Waals surface area contributed by atoms with Crippen LogP contribution in [0.15, 0.2) is 24.3 Å². The van der Waals surface area contributed by atoms with Gasteiger partial charge in [0.1, 0.15) is 5.75 Å². The number of allylic oxidation sites excluding steroid dienone is 2. The minimum atomic E-state index is -0.885. The molecule has 0 aliphatic heterocycles. The van der Waals surface area contributed by atoms with Crippen molar-refractivity contribution in [2.45, 2.75) is 39.2 Å². The van der Waals surface area contributed by atoms with Crippen molar-refractivity contribution in [2.24, 2.45) is 5.92 Å².